The largest absolute Gasteiger partial charge is 0.464 e. The van der Waals surface area contributed by atoms with Gasteiger partial charge >= 0.3 is 0 Å². The molecule has 0 radical (unpaired) electrons. The summed E-state index contributed by atoms with van der Waals surface area (Å²) >= 11 is 0. The fourth-order valence-corrected chi connectivity index (χ4v) is 2.73. The zero-order valence-electron chi connectivity index (χ0n) is 12.2. The third kappa shape index (κ3) is 3.35. The van der Waals surface area contributed by atoms with Gasteiger partial charge in [-0.15, -0.1) is 0 Å². The molecule has 0 unspecified atom stereocenters. The number of hydrogen-bond acceptors (Lipinski definition) is 5. The highest BCUT2D eigenvalue weighted by atomic mass is 16.7. The van der Waals surface area contributed by atoms with Crippen molar-refractivity contribution >= 4 is 5.69 Å². The minimum absolute atomic E-state index is 0.173. The highest BCUT2D eigenvalue weighted by molar-refractivity contribution is 5.62. The van der Waals surface area contributed by atoms with E-state index in [1.807, 2.05) is 12.1 Å². The van der Waals surface area contributed by atoms with Gasteiger partial charge in [0.25, 0.3) is 0 Å². The van der Waals surface area contributed by atoms with Gasteiger partial charge in [0.15, 0.2) is 25.1 Å². The lowest BCUT2D eigenvalue weighted by Crippen LogP contribution is -2.10. The molecule has 0 heterocycles. The van der Waals surface area contributed by atoms with Gasteiger partial charge in [-0.3, -0.25) is 0 Å². The Balaban J connectivity index is 2.33. The van der Waals surface area contributed by atoms with Gasteiger partial charge in [-0.05, 0) is 30.9 Å². The van der Waals surface area contributed by atoms with Crippen molar-refractivity contribution in [2.75, 3.05) is 33.5 Å². The molecule has 5 nitrogen and oxygen atoms in total. The lowest BCUT2D eigenvalue weighted by molar-refractivity contribution is 0.0316. The molecule has 0 aliphatic heterocycles. The summed E-state index contributed by atoms with van der Waals surface area (Å²) in [5, 5.41) is 0. The van der Waals surface area contributed by atoms with E-state index in [9.17, 15) is 0 Å². The summed E-state index contributed by atoms with van der Waals surface area (Å²) in [6.07, 6.45) is 4.75. The molecule has 1 aliphatic rings. The zero-order valence-corrected chi connectivity index (χ0v) is 12.2. The lowest BCUT2D eigenvalue weighted by Gasteiger charge is -2.21. The van der Waals surface area contributed by atoms with Crippen LogP contribution in [0.5, 0.6) is 11.5 Å². The van der Waals surface area contributed by atoms with Gasteiger partial charge in [0.05, 0.1) is 0 Å². The van der Waals surface area contributed by atoms with Crippen LogP contribution in [-0.4, -0.2) is 27.8 Å². The van der Waals surface area contributed by atoms with Crippen LogP contribution in [-0.2, 0) is 9.47 Å². The van der Waals surface area contributed by atoms with Crippen molar-refractivity contribution in [1.29, 1.82) is 0 Å². The summed E-state index contributed by atoms with van der Waals surface area (Å²) in [5.74, 6) is 1.78. The molecule has 0 spiro atoms. The highest BCUT2D eigenvalue weighted by Crippen LogP contribution is 2.46. The molecule has 1 aliphatic carbocycles. The standard InChI is InChI=1S/C15H23NO4/c1-17-9-19-13-8-7-12(16)14(11-5-3-4-6-11)15(13)20-10-18-2/h7-8,11H,3-6,9-10,16H2,1-2H3. The van der Waals surface area contributed by atoms with E-state index in [4.69, 9.17) is 24.7 Å². The van der Waals surface area contributed by atoms with E-state index in [2.05, 4.69) is 0 Å². The first-order valence-corrected chi connectivity index (χ1v) is 6.93. The summed E-state index contributed by atoms with van der Waals surface area (Å²) in [6, 6.07) is 3.69. The molecule has 1 saturated carbocycles. The van der Waals surface area contributed by atoms with E-state index in [-0.39, 0.29) is 13.6 Å². The molecule has 1 fully saturated rings. The predicted molar refractivity (Wildman–Crippen MR) is 77.1 cm³/mol. The van der Waals surface area contributed by atoms with Crippen LogP contribution in [0.2, 0.25) is 0 Å². The Labute approximate surface area is 120 Å². The minimum atomic E-state index is 0.173. The minimum Gasteiger partial charge on any atom is -0.464 e. The van der Waals surface area contributed by atoms with Crippen LogP contribution >= 0.6 is 0 Å². The van der Waals surface area contributed by atoms with Crippen LogP contribution in [0.3, 0.4) is 0 Å². The molecule has 2 rings (SSSR count). The van der Waals surface area contributed by atoms with Crippen LogP contribution in [0.25, 0.3) is 0 Å². The number of benzene rings is 1. The van der Waals surface area contributed by atoms with Crippen molar-refractivity contribution < 1.29 is 18.9 Å². The van der Waals surface area contributed by atoms with Gasteiger partial charge in [0.2, 0.25) is 0 Å². The van der Waals surface area contributed by atoms with Gasteiger partial charge in [-0.2, -0.15) is 0 Å². The van der Waals surface area contributed by atoms with Crippen molar-refractivity contribution in [2.24, 2.45) is 0 Å². The van der Waals surface area contributed by atoms with Crippen LogP contribution in [0.15, 0.2) is 12.1 Å². The Kier molecular flexibility index (Phi) is 5.49. The first kappa shape index (κ1) is 14.9. The van der Waals surface area contributed by atoms with Crippen LogP contribution in [0.4, 0.5) is 5.69 Å². The Hall–Kier alpha value is -1.46. The molecule has 0 bridgehead atoms. The molecular weight excluding hydrogens is 258 g/mol. The molecular formula is C15H23NO4. The molecule has 0 amide bonds. The fourth-order valence-electron chi connectivity index (χ4n) is 2.73. The van der Waals surface area contributed by atoms with E-state index >= 15 is 0 Å². The summed E-state index contributed by atoms with van der Waals surface area (Å²) in [6.45, 7) is 0.351. The molecule has 0 aromatic heterocycles. The average Bonchev–Trinajstić information content (AvgIpc) is 2.97. The third-order valence-corrected chi connectivity index (χ3v) is 3.61. The maximum Gasteiger partial charge on any atom is 0.188 e. The summed E-state index contributed by atoms with van der Waals surface area (Å²) in [7, 11) is 3.18. The van der Waals surface area contributed by atoms with Crippen LogP contribution < -0.4 is 15.2 Å². The van der Waals surface area contributed by atoms with Gasteiger partial charge in [0, 0.05) is 25.5 Å². The molecule has 5 heteroatoms. The number of nitrogens with two attached hydrogens (primary N) is 1. The first-order valence-electron chi connectivity index (χ1n) is 6.93. The Bertz CT molecular complexity index is 430. The lowest BCUT2D eigenvalue weighted by atomic mass is 9.94. The summed E-state index contributed by atoms with van der Waals surface area (Å²) < 4.78 is 21.3. The second-order valence-corrected chi connectivity index (χ2v) is 4.98. The van der Waals surface area contributed by atoms with Crippen LogP contribution in [0.1, 0.15) is 37.2 Å². The molecule has 112 valence electrons. The van der Waals surface area contributed by atoms with E-state index in [1.54, 1.807) is 14.2 Å². The van der Waals surface area contributed by atoms with Gasteiger partial charge in [-0.1, -0.05) is 12.8 Å². The second kappa shape index (κ2) is 7.36. The summed E-state index contributed by atoms with van der Waals surface area (Å²) in [5.41, 5.74) is 7.97. The molecule has 1 aromatic carbocycles. The highest BCUT2D eigenvalue weighted by Gasteiger charge is 2.25. The van der Waals surface area contributed by atoms with Crippen LogP contribution in [0, 0.1) is 0 Å². The number of methoxy groups -OCH3 is 2. The molecule has 1 aromatic rings. The molecule has 0 atom stereocenters. The van der Waals surface area contributed by atoms with Crippen molar-refractivity contribution in [1.82, 2.24) is 0 Å². The smallest absolute Gasteiger partial charge is 0.188 e. The topological polar surface area (TPSA) is 62.9 Å². The molecule has 20 heavy (non-hydrogen) atoms. The average molecular weight is 281 g/mol. The van der Waals surface area contributed by atoms with E-state index in [0.717, 1.165) is 24.1 Å². The number of ether oxygens (including phenoxy) is 4. The normalized spacial score (nSPS) is 15.5. The second-order valence-electron chi connectivity index (χ2n) is 4.98. The van der Waals surface area contributed by atoms with Gasteiger partial charge in [-0.25, -0.2) is 0 Å². The monoisotopic (exact) mass is 281 g/mol. The molecule has 2 N–H and O–H groups in total. The Morgan fingerprint density at radius 1 is 1.05 bits per heavy atom. The third-order valence-electron chi connectivity index (χ3n) is 3.61. The van der Waals surface area contributed by atoms with Crippen molar-refractivity contribution in [2.45, 2.75) is 31.6 Å². The van der Waals surface area contributed by atoms with E-state index in [1.165, 1.54) is 12.8 Å². The summed E-state index contributed by atoms with van der Waals surface area (Å²) in [4.78, 5) is 0. The zero-order chi connectivity index (χ0) is 14.4. The van der Waals surface area contributed by atoms with Crippen molar-refractivity contribution in [3.8, 4) is 11.5 Å². The number of rotatable bonds is 7. The fraction of sp³-hybridized carbons (Fsp3) is 0.600. The Morgan fingerprint density at radius 2 is 1.70 bits per heavy atom. The van der Waals surface area contributed by atoms with Gasteiger partial charge < -0.3 is 24.7 Å². The SMILES string of the molecule is COCOc1ccc(N)c(C2CCCC2)c1OCOC. The number of anilines is 1. The number of nitrogen functional groups attached to an aromatic ring is 1. The van der Waals surface area contributed by atoms with Crippen molar-refractivity contribution in [3.05, 3.63) is 17.7 Å². The maximum absolute atomic E-state index is 6.16. The maximum atomic E-state index is 6.16. The Morgan fingerprint density at radius 3 is 2.35 bits per heavy atom. The van der Waals surface area contributed by atoms with Gasteiger partial charge in [0.1, 0.15) is 0 Å². The quantitative estimate of drug-likeness (QED) is 0.615. The first-order chi connectivity index (χ1) is 9.77. The van der Waals surface area contributed by atoms with E-state index in [0.29, 0.717) is 17.4 Å². The molecule has 0 saturated heterocycles. The predicted octanol–water partition coefficient (Wildman–Crippen LogP) is 2.89. The van der Waals surface area contributed by atoms with E-state index < -0.39 is 0 Å². The van der Waals surface area contributed by atoms with Crippen molar-refractivity contribution in [3.63, 3.8) is 0 Å². The number of hydrogen-bond donors (Lipinski definition) is 1.